The number of hydrogen-bond donors (Lipinski definition) is 0. The number of hydrogen-bond acceptors (Lipinski definition) is 6. The largest absolute Gasteiger partial charge is 0.488 e. The normalized spacial score (nSPS) is 21.4. The maximum Gasteiger partial charge on any atom is 0.260 e. The Morgan fingerprint density at radius 2 is 1.77 bits per heavy atom. The molecular weight excluding hydrogens is 451 g/mol. The molecule has 7 nitrogen and oxygen atoms in total. The molecule has 4 rings (SSSR count). The molecule has 2 aromatic rings. The summed E-state index contributed by atoms with van der Waals surface area (Å²) in [6, 6.07) is 14.4. The topological polar surface area (TPSA) is 60.5 Å². The monoisotopic (exact) mass is 486 g/mol. The van der Waals surface area contributed by atoms with Crippen molar-refractivity contribution in [1.82, 2.24) is 9.80 Å². The standard InChI is InChI=1S/C27H35FN2O5/c1-32-27(21-35-25-6-3-2-5-24(25)28)11-4-13-29(14-12-27)19-22-7-9-23(10-8-22)34-20-26(31)30-15-17-33-18-16-30/h2-3,5-10H,4,11-21H2,1H3/t27-/m1/s1. The molecule has 0 radical (unpaired) electrons. The second kappa shape index (κ2) is 12.3. The number of likely N-dealkylation sites (tertiary alicyclic amines) is 1. The highest BCUT2D eigenvalue weighted by Gasteiger charge is 2.34. The van der Waals surface area contributed by atoms with Gasteiger partial charge in [-0.25, -0.2) is 4.39 Å². The summed E-state index contributed by atoms with van der Waals surface area (Å²) in [5, 5.41) is 0. The first-order valence-corrected chi connectivity index (χ1v) is 12.3. The van der Waals surface area contributed by atoms with Crippen molar-refractivity contribution in [3.8, 4) is 11.5 Å². The minimum absolute atomic E-state index is 0.0115. The average molecular weight is 487 g/mol. The van der Waals surface area contributed by atoms with E-state index in [9.17, 15) is 9.18 Å². The van der Waals surface area contributed by atoms with Crippen LogP contribution in [0, 0.1) is 5.82 Å². The summed E-state index contributed by atoms with van der Waals surface area (Å²) in [4.78, 5) is 16.4. The molecule has 35 heavy (non-hydrogen) atoms. The van der Waals surface area contributed by atoms with E-state index in [0.717, 1.165) is 38.9 Å². The number of benzene rings is 2. The zero-order valence-corrected chi connectivity index (χ0v) is 20.4. The van der Waals surface area contributed by atoms with Gasteiger partial charge in [0, 0.05) is 33.3 Å². The molecule has 2 aromatic carbocycles. The van der Waals surface area contributed by atoms with E-state index in [1.807, 2.05) is 24.3 Å². The Morgan fingerprint density at radius 3 is 2.51 bits per heavy atom. The van der Waals surface area contributed by atoms with E-state index < -0.39 is 5.60 Å². The second-order valence-corrected chi connectivity index (χ2v) is 9.16. The number of morpholine rings is 1. The van der Waals surface area contributed by atoms with Crippen LogP contribution in [0.3, 0.4) is 0 Å². The molecule has 2 aliphatic rings. The Hall–Kier alpha value is -2.68. The Kier molecular flexibility index (Phi) is 8.95. The summed E-state index contributed by atoms with van der Waals surface area (Å²) in [5.41, 5.74) is 0.756. The average Bonchev–Trinajstić information content (AvgIpc) is 3.11. The Labute approximate surface area is 206 Å². The Bertz CT molecular complexity index is 951. The molecule has 2 saturated heterocycles. The lowest BCUT2D eigenvalue weighted by molar-refractivity contribution is -0.137. The molecule has 0 saturated carbocycles. The van der Waals surface area contributed by atoms with Gasteiger partial charge in [0.05, 0.1) is 13.2 Å². The highest BCUT2D eigenvalue weighted by molar-refractivity contribution is 5.77. The maximum atomic E-state index is 14.0. The molecule has 8 heteroatoms. The highest BCUT2D eigenvalue weighted by Crippen LogP contribution is 2.29. The number of nitrogens with zero attached hydrogens (tertiary/aromatic N) is 2. The smallest absolute Gasteiger partial charge is 0.260 e. The van der Waals surface area contributed by atoms with Crippen molar-refractivity contribution in [1.29, 1.82) is 0 Å². The van der Waals surface area contributed by atoms with Gasteiger partial charge in [-0.1, -0.05) is 24.3 Å². The van der Waals surface area contributed by atoms with Gasteiger partial charge in [0.15, 0.2) is 18.2 Å². The SMILES string of the molecule is CO[C@]1(COc2ccccc2F)CCCN(Cc2ccc(OCC(=O)N3CCOCC3)cc2)CC1. The van der Waals surface area contributed by atoms with Gasteiger partial charge in [0.1, 0.15) is 18.0 Å². The first kappa shape index (κ1) is 25.4. The van der Waals surface area contributed by atoms with E-state index in [2.05, 4.69) is 4.90 Å². The minimum atomic E-state index is -0.429. The van der Waals surface area contributed by atoms with Gasteiger partial charge in [0.2, 0.25) is 0 Å². The Morgan fingerprint density at radius 1 is 1.00 bits per heavy atom. The van der Waals surface area contributed by atoms with Gasteiger partial charge in [-0.15, -0.1) is 0 Å². The Balaban J connectivity index is 1.25. The third-order valence-electron chi connectivity index (χ3n) is 6.81. The zero-order valence-electron chi connectivity index (χ0n) is 20.4. The summed E-state index contributed by atoms with van der Waals surface area (Å²) in [6.07, 6.45) is 2.64. The van der Waals surface area contributed by atoms with Crippen molar-refractivity contribution < 1.29 is 28.1 Å². The fraction of sp³-hybridized carbons (Fsp3) is 0.519. The van der Waals surface area contributed by atoms with Crippen LogP contribution in [0.5, 0.6) is 11.5 Å². The molecule has 2 fully saturated rings. The molecule has 0 spiro atoms. The van der Waals surface area contributed by atoms with Crippen LogP contribution in [0.15, 0.2) is 48.5 Å². The summed E-state index contributed by atoms with van der Waals surface area (Å²) in [5.74, 6) is 0.586. The number of ether oxygens (including phenoxy) is 4. The minimum Gasteiger partial charge on any atom is -0.488 e. The van der Waals surface area contributed by atoms with Crippen molar-refractivity contribution >= 4 is 5.91 Å². The van der Waals surface area contributed by atoms with Gasteiger partial charge in [-0.3, -0.25) is 9.69 Å². The number of para-hydroxylation sites is 1. The number of halogens is 1. The van der Waals surface area contributed by atoms with Gasteiger partial charge in [-0.2, -0.15) is 0 Å². The molecular formula is C27H35FN2O5. The van der Waals surface area contributed by atoms with Crippen LogP contribution in [0.25, 0.3) is 0 Å². The van der Waals surface area contributed by atoms with Crippen molar-refractivity contribution in [3.63, 3.8) is 0 Å². The summed E-state index contributed by atoms with van der Waals surface area (Å²) >= 11 is 0. The number of carbonyl (C=O) groups is 1. The molecule has 1 amide bonds. The first-order chi connectivity index (χ1) is 17.1. The first-order valence-electron chi connectivity index (χ1n) is 12.3. The van der Waals surface area contributed by atoms with Crippen molar-refractivity contribution in [3.05, 3.63) is 59.9 Å². The predicted octanol–water partition coefficient (Wildman–Crippen LogP) is 3.51. The maximum absolute atomic E-state index is 14.0. The fourth-order valence-corrected chi connectivity index (χ4v) is 4.56. The summed E-state index contributed by atoms with van der Waals surface area (Å²) in [6.45, 7) is 5.42. The van der Waals surface area contributed by atoms with Crippen LogP contribution in [0.2, 0.25) is 0 Å². The fourth-order valence-electron chi connectivity index (χ4n) is 4.56. The lowest BCUT2D eigenvalue weighted by atomic mass is 9.95. The third-order valence-corrected chi connectivity index (χ3v) is 6.81. The molecule has 2 aliphatic heterocycles. The third kappa shape index (κ3) is 7.16. The van der Waals surface area contributed by atoms with E-state index in [4.69, 9.17) is 18.9 Å². The number of carbonyl (C=O) groups excluding carboxylic acids is 1. The quantitative estimate of drug-likeness (QED) is 0.541. The molecule has 0 N–H and O–H groups in total. The van der Waals surface area contributed by atoms with E-state index in [1.54, 1.807) is 30.2 Å². The van der Waals surface area contributed by atoms with E-state index in [-0.39, 0.29) is 24.1 Å². The molecule has 0 aliphatic carbocycles. The van der Waals surface area contributed by atoms with Crippen LogP contribution in [-0.4, -0.2) is 81.0 Å². The van der Waals surface area contributed by atoms with Crippen LogP contribution in [0.1, 0.15) is 24.8 Å². The van der Waals surface area contributed by atoms with Crippen LogP contribution in [-0.2, 0) is 20.8 Å². The van der Waals surface area contributed by atoms with Gasteiger partial charge in [-0.05, 0) is 55.6 Å². The lowest BCUT2D eigenvalue weighted by Crippen LogP contribution is -2.42. The molecule has 2 heterocycles. The summed E-state index contributed by atoms with van der Waals surface area (Å²) in [7, 11) is 1.71. The van der Waals surface area contributed by atoms with Gasteiger partial charge in [0.25, 0.3) is 5.91 Å². The van der Waals surface area contributed by atoms with Crippen LogP contribution in [0.4, 0.5) is 4.39 Å². The van der Waals surface area contributed by atoms with Crippen molar-refractivity contribution in [2.24, 2.45) is 0 Å². The number of amides is 1. The number of rotatable bonds is 9. The van der Waals surface area contributed by atoms with Crippen LogP contribution >= 0.6 is 0 Å². The highest BCUT2D eigenvalue weighted by atomic mass is 19.1. The summed E-state index contributed by atoms with van der Waals surface area (Å²) < 4.78 is 36.6. The van der Waals surface area contributed by atoms with E-state index in [1.165, 1.54) is 11.6 Å². The molecule has 0 bridgehead atoms. The lowest BCUT2D eigenvalue weighted by Gasteiger charge is -2.31. The van der Waals surface area contributed by atoms with Crippen LogP contribution < -0.4 is 9.47 Å². The second-order valence-electron chi connectivity index (χ2n) is 9.16. The van der Waals surface area contributed by atoms with E-state index in [0.29, 0.717) is 38.7 Å². The molecule has 0 aromatic heterocycles. The molecule has 190 valence electrons. The van der Waals surface area contributed by atoms with Gasteiger partial charge < -0.3 is 23.8 Å². The van der Waals surface area contributed by atoms with Crippen molar-refractivity contribution in [2.75, 3.05) is 59.7 Å². The van der Waals surface area contributed by atoms with Gasteiger partial charge >= 0.3 is 0 Å². The molecule has 1 atom stereocenters. The van der Waals surface area contributed by atoms with E-state index >= 15 is 0 Å². The number of methoxy groups -OCH3 is 1. The van der Waals surface area contributed by atoms with Crippen molar-refractivity contribution in [2.45, 2.75) is 31.4 Å². The predicted molar refractivity (Wildman–Crippen MR) is 130 cm³/mol. The molecule has 0 unspecified atom stereocenters. The zero-order chi connectivity index (χ0) is 24.5.